The first-order valence-corrected chi connectivity index (χ1v) is 5.18. The average Bonchev–Trinajstić information content (AvgIpc) is 2.70. The van der Waals surface area contributed by atoms with Crippen LogP contribution in [0.25, 0.3) is 0 Å². The lowest BCUT2D eigenvalue weighted by molar-refractivity contribution is 0.624. The molecule has 0 fully saturated rings. The van der Waals surface area contributed by atoms with Crippen LogP contribution < -0.4 is 5.32 Å². The number of hydrogen-bond donors (Lipinski definition) is 1. The molecule has 0 spiro atoms. The Hall–Kier alpha value is -1.68. The largest absolute Gasteiger partial charge is 0.316 e. The van der Waals surface area contributed by atoms with Crippen LogP contribution in [0.3, 0.4) is 0 Å². The molecule has 1 N–H and O–H groups in total. The van der Waals surface area contributed by atoms with Crippen molar-refractivity contribution in [3.63, 3.8) is 0 Å². The maximum absolute atomic E-state index is 12.7. The van der Waals surface area contributed by atoms with E-state index in [1.54, 1.807) is 12.1 Å². The number of nitrogens with zero attached hydrogens (tertiary/aromatic N) is 2. The highest BCUT2D eigenvalue weighted by molar-refractivity contribution is 5.16. The van der Waals surface area contributed by atoms with Gasteiger partial charge in [-0.3, -0.25) is 4.68 Å². The van der Waals surface area contributed by atoms with Gasteiger partial charge in [0.15, 0.2) is 0 Å². The summed E-state index contributed by atoms with van der Waals surface area (Å²) in [6, 6.07) is 6.48. The molecule has 0 radical (unpaired) electrons. The van der Waals surface area contributed by atoms with Crippen molar-refractivity contribution in [1.29, 1.82) is 0 Å². The van der Waals surface area contributed by atoms with Crippen molar-refractivity contribution in [2.75, 3.05) is 7.05 Å². The van der Waals surface area contributed by atoms with Gasteiger partial charge < -0.3 is 5.32 Å². The van der Waals surface area contributed by atoms with Gasteiger partial charge in [-0.1, -0.05) is 12.1 Å². The Morgan fingerprint density at radius 2 is 2.00 bits per heavy atom. The lowest BCUT2D eigenvalue weighted by Gasteiger charge is -2.01. The van der Waals surface area contributed by atoms with Gasteiger partial charge in [0.25, 0.3) is 0 Å². The molecule has 16 heavy (non-hydrogen) atoms. The van der Waals surface area contributed by atoms with E-state index in [0.29, 0.717) is 6.54 Å². The van der Waals surface area contributed by atoms with E-state index in [2.05, 4.69) is 10.4 Å². The number of hydrogen-bond acceptors (Lipinski definition) is 2. The van der Waals surface area contributed by atoms with Crippen LogP contribution in [0, 0.1) is 5.82 Å². The van der Waals surface area contributed by atoms with Crippen LogP contribution in [0.1, 0.15) is 11.1 Å². The van der Waals surface area contributed by atoms with E-state index in [4.69, 9.17) is 0 Å². The van der Waals surface area contributed by atoms with Crippen molar-refractivity contribution in [2.24, 2.45) is 0 Å². The fourth-order valence-corrected chi connectivity index (χ4v) is 1.57. The first kappa shape index (κ1) is 10.8. The van der Waals surface area contributed by atoms with Crippen molar-refractivity contribution in [2.45, 2.75) is 13.1 Å². The summed E-state index contributed by atoms with van der Waals surface area (Å²) < 4.78 is 14.5. The SMILES string of the molecule is CNCc1cnn(Cc2ccc(F)cc2)c1. The molecule has 84 valence electrons. The van der Waals surface area contributed by atoms with Crippen LogP contribution in [0.5, 0.6) is 0 Å². The summed E-state index contributed by atoms with van der Waals surface area (Å²) in [5.74, 6) is -0.208. The third kappa shape index (κ3) is 2.67. The Labute approximate surface area is 93.9 Å². The van der Waals surface area contributed by atoms with Crippen molar-refractivity contribution in [3.05, 3.63) is 53.6 Å². The first-order chi connectivity index (χ1) is 7.78. The Morgan fingerprint density at radius 3 is 2.69 bits per heavy atom. The third-order valence-corrected chi connectivity index (χ3v) is 2.33. The minimum Gasteiger partial charge on any atom is -0.316 e. The Kier molecular flexibility index (Phi) is 3.31. The highest BCUT2D eigenvalue weighted by Crippen LogP contribution is 2.05. The maximum atomic E-state index is 12.7. The lowest BCUT2D eigenvalue weighted by Crippen LogP contribution is -2.04. The van der Waals surface area contributed by atoms with Crippen LogP contribution in [0.15, 0.2) is 36.7 Å². The summed E-state index contributed by atoms with van der Waals surface area (Å²) in [4.78, 5) is 0. The van der Waals surface area contributed by atoms with Crippen LogP contribution in [-0.4, -0.2) is 16.8 Å². The molecular weight excluding hydrogens is 205 g/mol. The van der Waals surface area contributed by atoms with Gasteiger partial charge in [0, 0.05) is 18.3 Å². The molecule has 0 bridgehead atoms. The van der Waals surface area contributed by atoms with Gasteiger partial charge in [0.1, 0.15) is 5.82 Å². The fraction of sp³-hybridized carbons (Fsp3) is 0.250. The smallest absolute Gasteiger partial charge is 0.123 e. The molecule has 0 atom stereocenters. The molecule has 4 heteroatoms. The molecule has 2 rings (SSSR count). The highest BCUT2D eigenvalue weighted by Gasteiger charge is 1.99. The number of aromatic nitrogens is 2. The monoisotopic (exact) mass is 219 g/mol. The van der Waals surface area contributed by atoms with E-state index in [0.717, 1.165) is 17.7 Å². The second-order valence-electron chi connectivity index (χ2n) is 3.70. The highest BCUT2D eigenvalue weighted by atomic mass is 19.1. The summed E-state index contributed by atoms with van der Waals surface area (Å²) >= 11 is 0. The Morgan fingerprint density at radius 1 is 1.25 bits per heavy atom. The van der Waals surface area contributed by atoms with Gasteiger partial charge in [-0.05, 0) is 24.7 Å². The number of halogens is 1. The van der Waals surface area contributed by atoms with Crippen LogP contribution >= 0.6 is 0 Å². The number of nitrogens with one attached hydrogen (secondary N) is 1. The van der Waals surface area contributed by atoms with Crippen molar-refractivity contribution in [3.8, 4) is 0 Å². The molecule has 1 aromatic heterocycles. The molecule has 0 saturated carbocycles. The van der Waals surface area contributed by atoms with Gasteiger partial charge in [-0.25, -0.2) is 4.39 Å². The van der Waals surface area contributed by atoms with E-state index in [-0.39, 0.29) is 5.82 Å². The van der Waals surface area contributed by atoms with Gasteiger partial charge in [0.05, 0.1) is 12.7 Å². The van der Waals surface area contributed by atoms with Crippen molar-refractivity contribution in [1.82, 2.24) is 15.1 Å². The second-order valence-corrected chi connectivity index (χ2v) is 3.70. The van der Waals surface area contributed by atoms with Crippen LogP contribution in [0.2, 0.25) is 0 Å². The van der Waals surface area contributed by atoms with E-state index in [1.165, 1.54) is 12.1 Å². The number of benzene rings is 1. The molecule has 0 unspecified atom stereocenters. The predicted molar refractivity (Wildman–Crippen MR) is 60.5 cm³/mol. The minimum atomic E-state index is -0.208. The number of rotatable bonds is 4. The van der Waals surface area contributed by atoms with Crippen LogP contribution in [-0.2, 0) is 13.1 Å². The second kappa shape index (κ2) is 4.90. The van der Waals surface area contributed by atoms with Gasteiger partial charge >= 0.3 is 0 Å². The van der Waals surface area contributed by atoms with E-state index in [9.17, 15) is 4.39 Å². The molecule has 1 aromatic carbocycles. The first-order valence-electron chi connectivity index (χ1n) is 5.18. The molecule has 0 aliphatic rings. The zero-order valence-electron chi connectivity index (χ0n) is 9.15. The van der Waals surface area contributed by atoms with Gasteiger partial charge in [0.2, 0.25) is 0 Å². The van der Waals surface area contributed by atoms with E-state index >= 15 is 0 Å². The normalized spacial score (nSPS) is 10.6. The standard InChI is InChI=1S/C12H14FN3/c1-14-6-11-7-15-16(9-11)8-10-2-4-12(13)5-3-10/h2-5,7,9,14H,6,8H2,1H3. The maximum Gasteiger partial charge on any atom is 0.123 e. The third-order valence-electron chi connectivity index (χ3n) is 2.33. The van der Waals surface area contributed by atoms with Gasteiger partial charge in [-0.15, -0.1) is 0 Å². The predicted octanol–water partition coefficient (Wildman–Crippen LogP) is 1.79. The van der Waals surface area contributed by atoms with Crippen molar-refractivity contribution < 1.29 is 4.39 Å². The Bertz CT molecular complexity index is 448. The molecule has 3 nitrogen and oxygen atoms in total. The van der Waals surface area contributed by atoms with E-state index < -0.39 is 0 Å². The van der Waals surface area contributed by atoms with E-state index in [1.807, 2.05) is 24.1 Å². The summed E-state index contributed by atoms with van der Waals surface area (Å²) in [7, 11) is 1.90. The minimum absolute atomic E-state index is 0.208. The molecule has 2 aromatic rings. The topological polar surface area (TPSA) is 29.9 Å². The summed E-state index contributed by atoms with van der Waals surface area (Å²) in [5, 5.41) is 7.30. The zero-order chi connectivity index (χ0) is 11.4. The molecule has 0 aliphatic heterocycles. The fourth-order valence-electron chi connectivity index (χ4n) is 1.57. The summed E-state index contributed by atoms with van der Waals surface area (Å²) in [6.07, 6.45) is 3.82. The molecular formula is C12H14FN3. The summed E-state index contributed by atoms with van der Waals surface area (Å²) in [5.41, 5.74) is 2.19. The van der Waals surface area contributed by atoms with Gasteiger partial charge in [-0.2, -0.15) is 5.10 Å². The molecule has 0 amide bonds. The average molecular weight is 219 g/mol. The summed E-state index contributed by atoms with van der Waals surface area (Å²) in [6.45, 7) is 1.48. The molecule has 0 aliphatic carbocycles. The molecule has 0 saturated heterocycles. The lowest BCUT2D eigenvalue weighted by atomic mass is 10.2. The van der Waals surface area contributed by atoms with Crippen LogP contribution in [0.4, 0.5) is 4.39 Å². The zero-order valence-corrected chi connectivity index (χ0v) is 9.15. The molecule has 1 heterocycles. The van der Waals surface area contributed by atoms with Crippen molar-refractivity contribution >= 4 is 0 Å². The Balaban J connectivity index is 2.05. The quantitative estimate of drug-likeness (QED) is 0.849.